The summed E-state index contributed by atoms with van der Waals surface area (Å²) in [6.45, 7) is 6.63. The topological polar surface area (TPSA) is 64.0 Å². The highest BCUT2D eigenvalue weighted by Gasteiger charge is 2.43. The maximum absolute atomic E-state index is 12.6. The summed E-state index contributed by atoms with van der Waals surface area (Å²) in [5, 5.41) is 21.8. The van der Waals surface area contributed by atoms with Crippen LogP contribution in [0, 0.1) is 0 Å². The molecule has 1 aliphatic heterocycles. The smallest absolute Gasteiger partial charge is 0.227 e. The minimum atomic E-state index is -1.28. The highest BCUT2D eigenvalue weighted by atomic mass is 35.5. The number of piperidine rings is 1. The molecule has 0 radical (unpaired) electrons. The van der Waals surface area contributed by atoms with Crippen LogP contribution in [0.1, 0.15) is 25.8 Å². The predicted molar refractivity (Wildman–Crippen MR) is 95.1 cm³/mol. The third-order valence-corrected chi connectivity index (χ3v) is 5.02. The third-order valence-electron chi connectivity index (χ3n) is 4.77. The number of hydrogen-bond donors (Lipinski definition) is 2. The van der Waals surface area contributed by atoms with E-state index in [-0.39, 0.29) is 18.9 Å². The summed E-state index contributed by atoms with van der Waals surface area (Å²) in [6.07, 6.45) is -0.142. The molecule has 1 amide bonds. The zero-order valence-electron chi connectivity index (χ0n) is 14.4. The van der Waals surface area contributed by atoms with Gasteiger partial charge < -0.3 is 20.0 Å². The second-order valence-corrected chi connectivity index (χ2v) is 6.92. The fraction of sp³-hybridized carbons (Fsp3) is 0.611. The van der Waals surface area contributed by atoms with Crippen molar-refractivity contribution < 1.29 is 15.0 Å². The van der Waals surface area contributed by atoms with Gasteiger partial charge in [0.15, 0.2) is 0 Å². The van der Waals surface area contributed by atoms with Gasteiger partial charge in [-0.25, -0.2) is 0 Å². The number of aliphatic hydroxyl groups excluding tert-OH is 1. The van der Waals surface area contributed by atoms with Gasteiger partial charge in [0.1, 0.15) is 5.60 Å². The lowest BCUT2D eigenvalue weighted by Gasteiger charge is -2.44. The summed E-state index contributed by atoms with van der Waals surface area (Å²) in [6, 6.07) is 7.20. The van der Waals surface area contributed by atoms with Gasteiger partial charge in [-0.05, 0) is 37.2 Å². The number of rotatable bonds is 6. The second kappa shape index (κ2) is 8.30. The molecule has 0 saturated carbocycles. The highest BCUT2D eigenvalue weighted by molar-refractivity contribution is 6.30. The van der Waals surface area contributed by atoms with E-state index in [9.17, 15) is 15.0 Å². The molecule has 0 aliphatic carbocycles. The van der Waals surface area contributed by atoms with E-state index >= 15 is 0 Å². The van der Waals surface area contributed by atoms with Crippen molar-refractivity contribution in [1.29, 1.82) is 0 Å². The summed E-state index contributed by atoms with van der Waals surface area (Å²) < 4.78 is 0. The largest absolute Gasteiger partial charge is 0.390 e. The molecule has 1 aliphatic rings. The number of likely N-dealkylation sites (tertiary alicyclic amines) is 1. The molecule has 5 nitrogen and oxygen atoms in total. The molecule has 2 rings (SSSR count). The predicted octanol–water partition coefficient (Wildman–Crippen LogP) is 1.55. The Labute approximate surface area is 148 Å². The van der Waals surface area contributed by atoms with Crippen molar-refractivity contribution in [2.24, 2.45) is 0 Å². The van der Waals surface area contributed by atoms with Gasteiger partial charge in [-0.1, -0.05) is 37.6 Å². The Hall–Kier alpha value is -1.14. The molecule has 1 heterocycles. The van der Waals surface area contributed by atoms with Crippen LogP contribution in [0.4, 0.5) is 0 Å². The number of halogens is 1. The van der Waals surface area contributed by atoms with Gasteiger partial charge in [-0.3, -0.25) is 4.79 Å². The fourth-order valence-corrected chi connectivity index (χ4v) is 3.28. The van der Waals surface area contributed by atoms with Crippen LogP contribution in [0.2, 0.25) is 5.02 Å². The number of carbonyl (C=O) groups excluding carboxylic acids is 1. The van der Waals surface area contributed by atoms with E-state index in [4.69, 9.17) is 11.6 Å². The highest BCUT2D eigenvalue weighted by Crippen LogP contribution is 2.24. The number of hydrogen-bond acceptors (Lipinski definition) is 4. The lowest BCUT2D eigenvalue weighted by Crippen LogP contribution is -2.62. The Balaban J connectivity index is 2.02. The Morgan fingerprint density at radius 2 is 1.96 bits per heavy atom. The number of benzene rings is 1. The van der Waals surface area contributed by atoms with Crippen molar-refractivity contribution >= 4 is 17.5 Å². The maximum atomic E-state index is 12.6. The molecule has 1 saturated heterocycles. The van der Waals surface area contributed by atoms with Crippen LogP contribution in [-0.4, -0.2) is 70.3 Å². The van der Waals surface area contributed by atoms with Gasteiger partial charge in [-0.2, -0.15) is 0 Å². The van der Waals surface area contributed by atoms with Crippen molar-refractivity contribution in [3.8, 4) is 0 Å². The normalized spacial score (nSPS) is 24.4. The van der Waals surface area contributed by atoms with Crippen LogP contribution >= 0.6 is 11.6 Å². The molecule has 0 aromatic heterocycles. The number of amides is 1. The molecule has 134 valence electrons. The molecule has 6 heteroatoms. The molecular weight excluding hydrogens is 328 g/mol. The summed E-state index contributed by atoms with van der Waals surface area (Å²) in [7, 11) is 0. The first kappa shape index (κ1) is 19.2. The van der Waals surface area contributed by atoms with Crippen molar-refractivity contribution in [2.75, 3.05) is 32.7 Å². The zero-order valence-corrected chi connectivity index (χ0v) is 15.2. The SMILES string of the molecule is CCN(CC)C[C@]1(O)CN(C(=O)Cc2ccc(Cl)cc2)CC[C@H]1O. The Kier molecular flexibility index (Phi) is 6.63. The zero-order chi connectivity index (χ0) is 17.7. The van der Waals surface area contributed by atoms with Gasteiger partial charge in [-0.15, -0.1) is 0 Å². The minimum Gasteiger partial charge on any atom is -0.390 e. The van der Waals surface area contributed by atoms with Gasteiger partial charge in [0.2, 0.25) is 5.91 Å². The third kappa shape index (κ3) is 4.70. The van der Waals surface area contributed by atoms with Gasteiger partial charge in [0, 0.05) is 18.1 Å². The van der Waals surface area contributed by atoms with E-state index in [1.807, 2.05) is 26.0 Å². The van der Waals surface area contributed by atoms with Crippen molar-refractivity contribution in [2.45, 2.75) is 38.4 Å². The second-order valence-electron chi connectivity index (χ2n) is 6.49. The van der Waals surface area contributed by atoms with Crippen molar-refractivity contribution in [3.63, 3.8) is 0 Å². The van der Waals surface area contributed by atoms with Crippen LogP contribution in [0.15, 0.2) is 24.3 Å². The van der Waals surface area contributed by atoms with Crippen LogP contribution in [0.25, 0.3) is 0 Å². The van der Waals surface area contributed by atoms with E-state index in [0.29, 0.717) is 24.5 Å². The Morgan fingerprint density at radius 1 is 1.33 bits per heavy atom. The summed E-state index contributed by atoms with van der Waals surface area (Å²) >= 11 is 5.87. The average Bonchev–Trinajstić information content (AvgIpc) is 2.57. The molecule has 0 bridgehead atoms. The maximum Gasteiger partial charge on any atom is 0.227 e. The molecule has 24 heavy (non-hydrogen) atoms. The molecule has 1 aromatic carbocycles. The Morgan fingerprint density at radius 3 is 2.54 bits per heavy atom. The number of nitrogens with zero attached hydrogens (tertiary/aromatic N) is 2. The number of aliphatic hydroxyl groups is 2. The monoisotopic (exact) mass is 354 g/mol. The number of carbonyl (C=O) groups is 1. The van der Waals surface area contributed by atoms with Crippen molar-refractivity contribution in [1.82, 2.24) is 9.80 Å². The lowest BCUT2D eigenvalue weighted by molar-refractivity contribution is -0.155. The Bertz CT molecular complexity index is 548. The van der Waals surface area contributed by atoms with E-state index < -0.39 is 11.7 Å². The summed E-state index contributed by atoms with van der Waals surface area (Å²) in [4.78, 5) is 16.3. The molecule has 0 spiro atoms. The molecular formula is C18H27ClN2O3. The summed E-state index contributed by atoms with van der Waals surface area (Å²) in [5.74, 6) is -0.0396. The number of likely N-dealkylation sites (N-methyl/N-ethyl adjacent to an activating group) is 1. The number of β-amino-alcohol motifs (C(OH)–C–C–N with tert-alkyl or cyclic N) is 1. The quantitative estimate of drug-likeness (QED) is 0.813. The van der Waals surface area contributed by atoms with E-state index in [1.54, 1.807) is 17.0 Å². The molecule has 2 N–H and O–H groups in total. The first-order valence-corrected chi connectivity index (χ1v) is 8.90. The van der Waals surface area contributed by atoms with Crippen LogP contribution < -0.4 is 0 Å². The molecule has 0 unspecified atom stereocenters. The lowest BCUT2D eigenvalue weighted by atomic mass is 9.88. The average molecular weight is 355 g/mol. The summed E-state index contributed by atoms with van der Waals surface area (Å²) in [5.41, 5.74) is -0.386. The molecule has 1 aromatic rings. The van der Waals surface area contributed by atoms with Gasteiger partial charge >= 0.3 is 0 Å². The van der Waals surface area contributed by atoms with E-state index in [1.165, 1.54) is 0 Å². The first-order chi connectivity index (χ1) is 11.4. The standard InChI is InChI=1S/C18H27ClN2O3/c1-3-20(4-2)12-18(24)13-21(10-9-16(18)22)17(23)11-14-5-7-15(19)8-6-14/h5-8,16,22,24H,3-4,9-13H2,1-2H3/t16-,18+/m1/s1. The molecule has 2 atom stereocenters. The van der Waals surface area contributed by atoms with Gasteiger partial charge in [0.05, 0.1) is 19.1 Å². The van der Waals surface area contributed by atoms with Crippen LogP contribution in [0.3, 0.4) is 0 Å². The first-order valence-electron chi connectivity index (χ1n) is 8.53. The van der Waals surface area contributed by atoms with E-state index in [2.05, 4.69) is 4.90 Å². The molecule has 1 fully saturated rings. The van der Waals surface area contributed by atoms with E-state index in [0.717, 1.165) is 18.7 Å². The minimum absolute atomic E-state index is 0.0396. The van der Waals surface area contributed by atoms with Gasteiger partial charge in [0.25, 0.3) is 0 Å². The fourth-order valence-electron chi connectivity index (χ4n) is 3.15. The van der Waals surface area contributed by atoms with Crippen LogP contribution in [-0.2, 0) is 11.2 Å². The van der Waals surface area contributed by atoms with Crippen molar-refractivity contribution in [3.05, 3.63) is 34.9 Å². The van der Waals surface area contributed by atoms with Crippen LogP contribution in [0.5, 0.6) is 0 Å².